The third-order valence-corrected chi connectivity index (χ3v) is 8.98. The zero-order valence-corrected chi connectivity index (χ0v) is 25.1. The minimum Gasteiger partial charge on any atom is -0.376 e. The number of pyridine rings is 2. The molecule has 236 valence electrons. The van der Waals surface area contributed by atoms with Gasteiger partial charge < -0.3 is 10.6 Å². The summed E-state index contributed by atoms with van der Waals surface area (Å²) in [4.78, 5) is 8.37. The molecule has 47 heavy (non-hydrogen) atoms. The molecule has 0 saturated heterocycles. The maximum Gasteiger partial charge on any atom is 0.413 e. The predicted molar refractivity (Wildman–Crippen MR) is 164 cm³/mol. The average molecular weight is 638 g/mol. The Morgan fingerprint density at radius 1 is 1.00 bits per heavy atom. The van der Waals surface area contributed by atoms with E-state index in [9.17, 15) is 28.1 Å². The molecule has 2 aliphatic rings. The quantitative estimate of drug-likeness (QED) is 0.128. The van der Waals surface area contributed by atoms with Gasteiger partial charge >= 0.3 is 6.18 Å². The monoisotopic (exact) mass is 637 g/mol. The minimum atomic E-state index is -4.51. The number of aromatic nitrogens is 5. The number of halogens is 4. The van der Waals surface area contributed by atoms with Crippen LogP contribution in [0.15, 0.2) is 67.0 Å². The molecule has 3 aromatic heterocycles. The molecular weight excluding hydrogens is 610 g/mol. The molecule has 3 heterocycles. The number of aryl methyl sites for hydroxylation is 1. The molecule has 0 amide bonds. The van der Waals surface area contributed by atoms with Gasteiger partial charge in [0, 0.05) is 28.5 Å². The van der Waals surface area contributed by atoms with Crippen molar-refractivity contribution in [3.63, 3.8) is 0 Å². The van der Waals surface area contributed by atoms with Crippen LogP contribution in [-0.2, 0) is 5.54 Å². The second-order valence-corrected chi connectivity index (χ2v) is 12.1. The van der Waals surface area contributed by atoms with E-state index in [2.05, 4.69) is 43.1 Å². The van der Waals surface area contributed by atoms with Gasteiger partial charge in [0.1, 0.15) is 17.8 Å². The number of fused-ring (bicyclic) bond motifs is 1. The summed E-state index contributed by atoms with van der Waals surface area (Å²) in [5, 5.41) is 35.6. The Balaban J connectivity index is 1.34. The number of hydrogen-bond donors (Lipinski definition) is 2. The van der Waals surface area contributed by atoms with Crippen molar-refractivity contribution in [1.82, 2.24) is 25.0 Å². The van der Waals surface area contributed by atoms with Gasteiger partial charge in [-0.15, -0.1) is 5.10 Å². The molecule has 2 saturated carbocycles. The molecule has 2 aromatic carbocycles. The van der Waals surface area contributed by atoms with Gasteiger partial charge in [-0.1, -0.05) is 41.6 Å². The molecule has 2 aliphatic carbocycles. The molecule has 0 radical (unpaired) electrons. The van der Waals surface area contributed by atoms with E-state index in [0.717, 1.165) is 29.2 Å². The molecular formula is C34H27F4N9. The van der Waals surface area contributed by atoms with E-state index in [1.165, 1.54) is 18.5 Å². The van der Waals surface area contributed by atoms with Crippen molar-refractivity contribution < 1.29 is 17.6 Å². The van der Waals surface area contributed by atoms with Gasteiger partial charge in [-0.2, -0.15) is 28.1 Å². The molecule has 2 fully saturated rings. The molecule has 5 aromatic rings. The second-order valence-electron chi connectivity index (χ2n) is 12.1. The van der Waals surface area contributed by atoms with Gasteiger partial charge in [-0.05, 0) is 62.3 Å². The summed E-state index contributed by atoms with van der Waals surface area (Å²) in [7, 11) is 0. The smallest absolute Gasteiger partial charge is 0.376 e. The lowest BCUT2D eigenvalue weighted by Crippen LogP contribution is -2.35. The predicted octanol–water partition coefficient (Wildman–Crippen LogP) is 7.23. The van der Waals surface area contributed by atoms with E-state index in [-0.39, 0.29) is 30.1 Å². The van der Waals surface area contributed by atoms with Crippen LogP contribution in [0, 0.1) is 41.5 Å². The third kappa shape index (κ3) is 5.48. The van der Waals surface area contributed by atoms with Crippen LogP contribution in [0.25, 0.3) is 10.9 Å². The fourth-order valence-electron chi connectivity index (χ4n) is 6.13. The zero-order chi connectivity index (χ0) is 32.9. The normalized spacial score (nSPS) is 16.6. The Bertz CT molecular complexity index is 2070. The Morgan fingerprint density at radius 2 is 1.74 bits per heavy atom. The summed E-state index contributed by atoms with van der Waals surface area (Å²) in [5.74, 6) is -0.356. The van der Waals surface area contributed by atoms with Crippen molar-refractivity contribution >= 4 is 22.3 Å². The molecule has 13 heteroatoms. The van der Waals surface area contributed by atoms with Crippen LogP contribution in [0.5, 0.6) is 0 Å². The van der Waals surface area contributed by atoms with E-state index >= 15 is 0 Å². The lowest BCUT2D eigenvalue weighted by molar-refractivity contribution is -0.182. The zero-order valence-electron chi connectivity index (χ0n) is 25.1. The van der Waals surface area contributed by atoms with Gasteiger partial charge in [0.2, 0.25) is 5.95 Å². The summed E-state index contributed by atoms with van der Waals surface area (Å²) < 4.78 is 56.7. The highest BCUT2D eigenvalue weighted by Crippen LogP contribution is 2.55. The molecule has 0 bridgehead atoms. The van der Waals surface area contributed by atoms with Crippen LogP contribution in [0.4, 0.5) is 28.9 Å². The van der Waals surface area contributed by atoms with Crippen LogP contribution in [0.3, 0.4) is 0 Å². The van der Waals surface area contributed by atoms with Crippen LogP contribution >= 0.6 is 0 Å². The van der Waals surface area contributed by atoms with E-state index in [4.69, 9.17) is 0 Å². The second kappa shape index (κ2) is 11.4. The number of alkyl halides is 3. The largest absolute Gasteiger partial charge is 0.413 e. The van der Waals surface area contributed by atoms with Crippen molar-refractivity contribution in [3.8, 4) is 12.1 Å². The standard InChI is InChI=1S/C34H27F4N9/c1-19-25(9-10-28(35)42-19)32(27-18-47(46-45-27)33(11-12-33)34(36,37)38)43-24-13-22(15-39)30-26(14-24)31(23(16-40)17-41-30)44-29(21-7-8-21)20-5-3-2-4-6-20/h2-6,9-10,13-14,17-18,21,29,32,43H,7-8,11-12H2,1H3,(H,41,44)/t29-,32-/m0/s1. The number of benzene rings is 2. The molecule has 7 rings (SSSR count). The summed E-state index contributed by atoms with van der Waals surface area (Å²) in [6, 6.07) is 19.3. The minimum absolute atomic E-state index is 0.0878. The van der Waals surface area contributed by atoms with Crippen LogP contribution in [-0.4, -0.2) is 31.1 Å². The van der Waals surface area contributed by atoms with Gasteiger partial charge in [0.15, 0.2) is 5.54 Å². The Morgan fingerprint density at radius 3 is 2.38 bits per heavy atom. The van der Waals surface area contributed by atoms with Crippen LogP contribution < -0.4 is 10.6 Å². The summed E-state index contributed by atoms with van der Waals surface area (Å²) in [6.45, 7) is 1.59. The highest BCUT2D eigenvalue weighted by molar-refractivity contribution is 5.99. The van der Waals surface area contributed by atoms with Crippen molar-refractivity contribution in [2.75, 3.05) is 10.6 Å². The molecule has 0 aliphatic heterocycles. The Kier molecular flexibility index (Phi) is 7.27. The lowest BCUT2D eigenvalue weighted by Gasteiger charge is -2.23. The number of nitrogens with one attached hydrogen (secondary N) is 2. The van der Waals surface area contributed by atoms with Crippen molar-refractivity contribution in [2.24, 2.45) is 5.92 Å². The number of rotatable bonds is 9. The summed E-state index contributed by atoms with van der Waals surface area (Å²) in [5.41, 5.74) is 1.64. The maximum absolute atomic E-state index is 14.1. The number of nitrogens with zero attached hydrogens (tertiary/aromatic N) is 7. The van der Waals surface area contributed by atoms with Crippen LogP contribution in [0.1, 0.15) is 71.4 Å². The first-order valence-corrected chi connectivity index (χ1v) is 15.1. The molecule has 0 unspecified atom stereocenters. The number of hydrogen-bond acceptors (Lipinski definition) is 8. The molecule has 9 nitrogen and oxygen atoms in total. The molecule has 2 N–H and O–H groups in total. The Labute approximate surface area is 266 Å². The first kappa shape index (κ1) is 30.1. The van der Waals surface area contributed by atoms with E-state index in [1.54, 1.807) is 19.1 Å². The van der Waals surface area contributed by atoms with Gasteiger partial charge in [-0.3, -0.25) is 4.98 Å². The lowest BCUT2D eigenvalue weighted by atomic mass is 9.99. The SMILES string of the molecule is Cc1nc(F)ccc1[C@H](Nc1cc(C#N)c2ncc(C#N)c(N[C@@H](c3ccccc3)C3CC3)c2c1)c1cn(C2(C(F)(F)F)CC2)nn1. The number of nitriles is 2. The average Bonchev–Trinajstić information content (AvgIpc) is 4.00. The Hall–Kier alpha value is -5.56. The topological polar surface area (TPSA) is 128 Å². The maximum atomic E-state index is 14.1. The first-order chi connectivity index (χ1) is 22.6. The summed E-state index contributed by atoms with van der Waals surface area (Å²) >= 11 is 0. The van der Waals surface area contributed by atoms with Gasteiger partial charge in [-0.25, -0.2) is 9.67 Å². The first-order valence-electron chi connectivity index (χ1n) is 15.1. The van der Waals surface area contributed by atoms with Crippen molar-refractivity contribution in [2.45, 2.75) is 56.4 Å². The highest BCUT2D eigenvalue weighted by Gasteiger charge is 2.66. The third-order valence-electron chi connectivity index (χ3n) is 8.98. The molecule has 0 spiro atoms. The molecule has 2 atom stereocenters. The van der Waals surface area contributed by atoms with E-state index in [1.807, 2.05) is 30.3 Å². The highest BCUT2D eigenvalue weighted by atomic mass is 19.4. The summed E-state index contributed by atoms with van der Waals surface area (Å²) in [6.07, 6.45) is 0.0000687. The van der Waals surface area contributed by atoms with Crippen molar-refractivity contribution in [1.29, 1.82) is 10.5 Å². The van der Waals surface area contributed by atoms with Gasteiger partial charge in [0.25, 0.3) is 0 Å². The van der Waals surface area contributed by atoms with E-state index in [0.29, 0.717) is 45.0 Å². The van der Waals surface area contributed by atoms with Crippen LogP contribution in [0.2, 0.25) is 0 Å². The van der Waals surface area contributed by atoms with Gasteiger partial charge in [0.05, 0.1) is 40.6 Å². The number of anilines is 2. The fourth-order valence-corrected chi connectivity index (χ4v) is 6.13. The van der Waals surface area contributed by atoms with E-state index < -0.39 is 23.7 Å². The fraction of sp³-hybridized carbons (Fsp3) is 0.294. The van der Waals surface area contributed by atoms with Crippen molar-refractivity contribution in [3.05, 3.63) is 107 Å².